The van der Waals surface area contributed by atoms with Gasteiger partial charge >= 0.3 is 0 Å². The van der Waals surface area contributed by atoms with Crippen molar-refractivity contribution in [1.82, 2.24) is 5.43 Å². The maximum Gasteiger partial charge on any atom is 0.277 e. The van der Waals surface area contributed by atoms with Gasteiger partial charge in [-0.25, -0.2) is 5.43 Å². The lowest BCUT2D eigenvalue weighted by Gasteiger charge is -2.05. The number of benzene rings is 2. The first-order chi connectivity index (χ1) is 10.6. The van der Waals surface area contributed by atoms with Crippen molar-refractivity contribution in [3.05, 3.63) is 63.1 Å². The molecule has 0 heterocycles. The summed E-state index contributed by atoms with van der Waals surface area (Å²) in [5, 5.41) is 5.28. The van der Waals surface area contributed by atoms with Crippen LogP contribution in [0.5, 0.6) is 5.75 Å². The van der Waals surface area contributed by atoms with Crippen molar-refractivity contribution in [3.63, 3.8) is 0 Å². The van der Waals surface area contributed by atoms with Crippen LogP contribution in [0.15, 0.2) is 47.6 Å². The van der Waals surface area contributed by atoms with E-state index in [9.17, 15) is 4.79 Å². The van der Waals surface area contributed by atoms with E-state index in [0.717, 1.165) is 0 Å². The van der Waals surface area contributed by atoms with Gasteiger partial charge in [-0.3, -0.25) is 4.79 Å². The fourth-order valence-electron chi connectivity index (χ4n) is 1.51. The number of rotatable bonds is 5. The highest BCUT2D eigenvalue weighted by molar-refractivity contribution is 6.38. The molecule has 1 amide bonds. The van der Waals surface area contributed by atoms with Crippen LogP contribution in [0.4, 0.5) is 0 Å². The van der Waals surface area contributed by atoms with E-state index in [1.54, 1.807) is 42.5 Å². The van der Waals surface area contributed by atoms with Gasteiger partial charge in [-0.05, 0) is 36.4 Å². The van der Waals surface area contributed by atoms with Crippen molar-refractivity contribution < 1.29 is 9.53 Å². The minimum absolute atomic E-state index is 0.171. The highest BCUT2D eigenvalue weighted by atomic mass is 35.5. The summed E-state index contributed by atoms with van der Waals surface area (Å²) in [6, 6.07) is 11.8. The van der Waals surface area contributed by atoms with Crippen molar-refractivity contribution in [1.29, 1.82) is 0 Å². The Morgan fingerprint density at radius 3 is 2.36 bits per heavy atom. The van der Waals surface area contributed by atoms with E-state index in [0.29, 0.717) is 26.4 Å². The maximum atomic E-state index is 11.6. The molecule has 0 spiro atoms. The number of halogens is 3. The second-order valence-corrected chi connectivity index (χ2v) is 5.42. The van der Waals surface area contributed by atoms with Crippen molar-refractivity contribution in [3.8, 4) is 5.75 Å². The third kappa shape index (κ3) is 4.91. The van der Waals surface area contributed by atoms with Crippen molar-refractivity contribution in [2.75, 3.05) is 6.61 Å². The summed E-state index contributed by atoms with van der Waals surface area (Å²) in [6.07, 6.45) is 1.38. The van der Waals surface area contributed by atoms with E-state index >= 15 is 0 Å². The standard InChI is InChI=1S/C15H11Cl3N2O2/c16-10-4-6-11(7-5-10)22-9-15(21)20-19-8-12-13(17)2-1-3-14(12)18/h1-8H,9H2,(H,20,21)/b19-8+. The van der Waals surface area contributed by atoms with E-state index in [2.05, 4.69) is 10.5 Å². The number of hydrogen-bond acceptors (Lipinski definition) is 3. The fraction of sp³-hybridized carbons (Fsp3) is 0.0667. The van der Waals surface area contributed by atoms with Gasteiger partial charge in [-0.1, -0.05) is 40.9 Å². The van der Waals surface area contributed by atoms with Crippen molar-refractivity contribution in [2.24, 2.45) is 5.10 Å². The number of carbonyl (C=O) groups is 1. The summed E-state index contributed by atoms with van der Waals surface area (Å²) < 4.78 is 5.28. The van der Waals surface area contributed by atoms with E-state index in [-0.39, 0.29) is 6.61 Å². The number of carbonyl (C=O) groups excluding carboxylic acids is 1. The largest absolute Gasteiger partial charge is 0.484 e. The van der Waals surface area contributed by atoms with E-state index in [1.165, 1.54) is 6.21 Å². The average Bonchev–Trinajstić information content (AvgIpc) is 2.50. The van der Waals surface area contributed by atoms with Gasteiger partial charge in [0.05, 0.1) is 16.3 Å². The molecule has 4 nitrogen and oxygen atoms in total. The molecule has 0 fully saturated rings. The molecular formula is C15H11Cl3N2O2. The molecule has 0 bridgehead atoms. The van der Waals surface area contributed by atoms with E-state index in [1.807, 2.05) is 0 Å². The van der Waals surface area contributed by atoms with Crippen LogP contribution in [-0.4, -0.2) is 18.7 Å². The number of nitrogens with one attached hydrogen (secondary N) is 1. The van der Waals surface area contributed by atoms with Gasteiger partial charge in [-0.15, -0.1) is 0 Å². The Morgan fingerprint density at radius 2 is 1.73 bits per heavy atom. The Morgan fingerprint density at radius 1 is 1.09 bits per heavy atom. The Balaban J connectivity index is 1.85. The quantitative estimate of drug-likeness (QED) is 0.645. The Hall–Kier alpha value is -1.75. The van der Waals surface area contributed by atoms with Gasteiger partial charge in [0.1, 0.15) is 5.75 Å². The number of hydrazone groups is 1. The molecule has 22 heavy (non-hydrogen) atoms. The molecule has 0 radical (unpaired) electrons. The van der Waals surface area contributed by atoms with Crippen LogP contribution in [0.2, 0.25) is 15.1 Å². The predicted molar refractivity (Wildman–Crippen MR) is 89.1 cm³/mol. The highest BCUT2D eigenvalue weighted by Gasteiger charge is 2.04. The molecule has 0 aliphatic heterocycles. The first-order valence-electron chi connectivity index (χ1n) is 6.20. The van der Waals surface area contributed by atoms with Crippen molar-refractivity contribution in [2.45, 2.75) is 0 Å². The Bertz CT molecular complexity index is 667. The molecule has 0 aliphatic carbocycles. The number of ether oxygens (including phenoxy) is 1. The third-order valence-electron chi connectivity index (χ3n) is 2.57. The molecule has 7 heteroatoms. The molecule has 0 unspecified atom stereocenters. The summed E-state index contributed by atoms with van der Waals surface area (Å²) in [5.41, 5.74) is 2.86. The molecule has 2 rings (SSSR count). The molecule has 0 atom stereocenters. The zero-order valence-electron chi connectivity index (χ0n) is 11.2. The number of hydrogen-bond donors (Lipinski definition) is 1. The molecule has 0 saturated heterocycles. The highest BCUT2D eigenvalue weighted by Crippen LogP contribution is 2.22. The monoisotopic (exact) mass is 356 g/mol. The zero-order chi connectivity index (χ0) is 15.9. The first-order valence-corrected chi connectivity index (χ1v) is 7.34. The topological polar surface area (TPSA) is 50.7 Å². The van der Waals surface area contributed by atoms with Crippen LogP contribution in [0, 0.1) is 0 Å². The van der Waals surface area contributed by atoms with E-state index in [4.69, 9.17) is 39.5 Å². The van der Waals surface area contributed by atoms with Gasteiger partial charge in [0.2, 0.25) is 0 Å². The second-order valence-electron chi connectivity index (χ2n) is 4.17. The second kappa shape index (κ2) is 8.03. The van der Waals surface area contributed by atoms with E-state index < -0.39 is 5.91 Å². The third-order valence-corrected chi connectivity index (χ3v) is 3.48. The van der Waals surface area contributed by atoms with Crippen LogP contribution >= 0.6 is 34.8 Å². The zero-order valence-corrected chi connectivity index (χ0v) is 13.5. The summed E-state index contributed by atoms with van der Waals surface area (Å²) in [5.74, 6) is 0.132. The van der Waals surface area contributed by atoms with Gasteiger partial charge in [0, 0.05) is 10.6 Å². The van der Waals surface area contributed by atoms with Crippen LogP contribution in [0.3, 0.4) is 0 Å². The summed E-state index contributed by atoms with van der Waals surface area (Å²) in [7, 11) is 0. The van der Waals surface area contributed by atoms with Crippen LogP contribution in [0.25, 0.3) is 0 Å². The minimum Gasteiger partial charge on any atom is -0.484 e. The summed E-state index contributed by atoms with van der Waals surface area (Å²) in [4.78, 5) is 11.6. The molecule has 2 aromatic carbocycles. The lowest BCUT2D eigenvalue weighted by Crippen LogP contribution is -2.24. The lowest BCUT2D eigenvalue weighted by molar-refractivity contribution is -0.123. The predicted octanol–water partition coefficient (Wildman–Crippen LogP) is 4.18. The van der Waals surface area contributed by atoms with Crippen LogP contribution < -0.4 is 10.2 Å². The molecule has 114 valence electrons. The Labute approximate surface area is 142 Å². The summed E-state index contributed by atoms with van der Waals surface area (Å²) >= 11 is 17.7. The minimum atomic E-state index is -0.408. The molecule has 0 aliphatic rings. The fourth-order valence-corrected chi connectivity index (χ4v) is 2.14. The first kappa shape index (κ1) is 16.6. The summed E-state index contributed by atoms with van der Waals surface area (Å²) in [6.45, 7) is -0.171. The van der Waals surface area contributed by atoms with Crippen LogP contribution in [0.1, 0.15) is 5.56 Å². The van der Waals surface area contributed by atoms with Gasteiger partial charge < -0.3 is 4.74 Å². The molecule has 0 saturated carbocycles. The lowest BCUT2D eigenvalue weighted by atomic mass is 10.2. The van der Waals surface area contributed by atoms with Gasteiger partial charge in [-0.2, -0.15) is 5.10 Å². The average molecular weight is 358 g/mol. The number of nitrogens with zero attached hydrogens (tertiary/aromatic N) is 1. The van der Waals surface area contributed by atoms with Gasteiger partial charge in [0.15, 0.2) is 6.61 Å². The normalized spacial score (nSPS) is 10.7. The van der Waals surface area contributed by atoms with Crippen molar-refractivity contribution >= 4 is 46.9 Å². The van der Waals surface area contributed by atoms with Gasteiger partial charge in [0.25, 0.3) is 5.91 Å². The molecular weight excluding hydrogens is 347 g/mol. The molecule has 0 aromatic heterocycles. The molecule has 1 N–H and O–H groups in total. The smallest absolute Gasteiger partial charge is 0.277 e. The number of amides is 1. The van der Waals surface area contributed by atoms with Crippen LogP contribution in [-0.2, 0) is 4.79 Å². The Kier molecular flexibility index (Phi) is 6.07. The molecule has 2 aromatic rings. The SMILES string of the molecule is O=C(COc1ccc(Cl)cc1)N/N=C/c1c(Cl)cccc1Cl. The maximum absolute atomic E-state index is 11.6.